The van der Waals surface area contributed by atoms with Crippen molar-refractivity contribution >= 4 is 21.6 Å². The SMILES string of the molecule is Fc1ccc(NCc2cc(F)c(F)cc2F)c(Br)c1. The zero-order valence-corrected chi connectivity index (χ0v) is 11.1. The fraction of sp³-hybridized carbons (Fsp3) is 0.0769. The Hall–Kier alpha value is -1.56. The van der Waals surface area contributed by atoms with E-state index in [0.717, 1.165) is 6.07 Å². The van der Waals surface area contributed by atoms with E-state index in [1.165, 1.54) is 18.2 Å². The van der Waals surface area contributed by atoms with Gasteiger partial charge < -0.3 is 5.32 Å². The average molecular weight is 334 g/mol. The summed E-state index contributed by atoms with van der Waals surface area (Å²) in [7, 11) is 0. The summed E-state index contributed by atoms with van der Waals surface area (Å²) >= 11 is 3.13. The number of halogens is 5. The Morgan fingerprint density at radius 1 is 0.895 bits per heavy atom. The van der Waals surface area contributed by atoms with Crippen LogP contribution in [0.1, 0.15) is 5.56 Å². The first-order valence-corrected chi connectivity index (χ1v) is 6.09. The third-order valence-electron chi connectivity index (χ3n) is 2.49. The Balaban J connectivity index is 2.16. The van der Waals surface area contributed by atoms with E-state index in [1.807, 2.05) is 0 Å². The Kier molecular flexibility index (Phi) is 4.09. The van der Waals surface area contributed by atoms with E-state index < -0.39 is 23.3 Å². The number of benzene rings is 2. The highest BCUT2D eigenvalue weighted by Crippen LogP contribution is 2.24. The van der Waals surface area contributed by atoms with Crippen molar-refractivity contribution in [2.75, 3.05) is 5.32 Å². The summed E-state index contributed by atoms with van der Waals surface area (Å²) in [6.45, 7) is -0.0483. The van der Waals surface area contributed by atoms with Gasteiger partial charge in [-0.25, -0.2) is 17.6 Å². The second-order valence-electron chi connectivity index (χ2n) is 3.84. The van der Waals surface area contributed by atoms with Crippen molar-refractivity contribution in [1.29, 1.82) is 0 Å². The highest BCUT2D eigenvalue weighted by molar-refractivity contribution is 9.10. The van der Waals surface area contributed by atoms with E-state index in [4.69, 9.17) is 0 Å². The molecule has 0 aromatic heterocycles. The van der Waals surface area contributed by atoms with E-state index >= 15 is 0 Å². The van der Waals surface area contributed by atoms with Gasteiger partial charge in [0.15, 0.2) is 11.6 Å². The first-order chi connectivity index (χ1) is 8.97. The van der Waals surface area contributed by atoms with E-state index in [9.17, 15) is 17.6 Å². The van der Waals surface area contributed by atoms with Crippen LogP contribution in [0.5, 0.6) is 0 Å². The number of hydrogen-bond donors (Lipinski definition) is 1. The molecule has 0 heterocycles. The van der Waals surface area contributed by atoms with Crippen LogP contribution in [-0.4, -0.2) is 0 Å². The van der Waals surface area contributed by atoms with Crippen LogP contribution in [-0.2, 0) is 6.54 Å². The summed E-state index contributed by atoms with van der Waals surface area (Å²) in [5, 5.41) is 2.80. The second-order valence-corrected chi connectivity index (χ2v) is 4.69. The van der Waals surface area contributed by atoms with Gasteiger partial charge in [-0.05, 0) is 40.2 Å². The van der Waals surface area contributed by atoms with Gasteiger partial charge in [-0.15, -0.1) is 0 Å². The molecule has 0 saturated carbocycles. The molecule has 1 N–H and O–H groups in total. The second kappa shape index (κ2) is 5.61. The first kappa shape index (κ1) is 13.9. The minimum absolute atomic E-state index is 0.0184. The van der Waals surface area contributed by atoms with Crippen LogP contribution in [0.15, 0.2) is 34.8 Å². The molecular formula is C13H8BrF4N. The van der Waals surface area contributed by atoms with Crippen molar-refractivity contribution in [3.63, 3.8) is 0 Å². The topological polar surface area (TPSA) is 12.0 Å². The largest absolute Gasteiger partial charge is 0.380 e. The molecule has 2 aromatic carbocycles. The van der Waals surface area contributed by atoms with Crippen molar-refractivity contribution in [2.45, 2.75) is 6.54 Å². The molecule has 0 aliphatic carbocycles. The Bertz CT molecular complexity index is 616. The van der Waals surface area contributed by atoms with E-state index in [0.29, 0.717) is 16.2 Å². The summed E-state index contributed by atoms with van der Waals surface area (Å²) in [6, 6.07) is 5.21. The fourth-order valence-corrected chi connectivity index (χ4v) is 2.01. The predicted octanol–water partition coefficient (Wildman–Crippen LogP) is 4.62. The van der Waals surface area contributed by atoms with Gasteiger partial charge in [0.1, 0.15) is 11.6 Å². The van der Waals surface area contributed by atoms with Gasteiger partial charge in [0.25, 0.3) is 0 Å². The standard InChI is InChI=1S/C13H8BrF4N/c14-9-4-8(15)1-2-13(9)19-6-7-3-11(17)12(18)5-10(7)16/h1-5,19H,6H2. The quantitative estimate of drug-likeness (QED) is 0.638. The number of hydrogen-bond acceptors (Lipinski definition) is 1. The molecule has 0 unspecified atom stereocenters. The van der Waals surface area contributed by atoms with Crippen LogP contribution in [0.25, 0.3) is 0 Å². The first-order valence-electron chi connectivity index (χ1n) is 5.29. The Labute approximate surface area is 115 Å². The maximum atomic E-state index is 13.4. The van der Waals surface area contributed by atoms with Crippen LogP contribution >= 0.6 is 15.9 Å². The van der Waals surface area contributed by atoms with Gasteiger partial charge in [-0.3, -0.25) is 0 Å². The molecule has 2 rings (SSSR count). The van der Waals surface area contributed by atoms with Crippen LogP contribution in [0.3, 0.4) is 0 Å². The lowest BCUT2D eigenvalue weighted by atomic mass is 10.2. The molecule has 6 heteroatoms. The minimum Gasteiger partial charge on any atom is -0.380 e. The van der Waals surface area contributed by atoms with Crippen molar-refractivity contribution in [3.8, 4) is 0 Å². The molecule has 0 radical (unpaired) electrons. The minimum atomic E-state index is -1.23. The van der Waals surface area contributed by atoms with E-state index in [-0.39, 0.29) is 12.1 Å². The molecule has 0 amide bonds. The molecule has 0 aliphatic heterocycles. The molecular weight excluding hydrogens is 326 g/mol. The van der Waals surface area contributed by atoms with Crippen LogP contribution in [0, 0.1) is 23.3 Å². The molecule has 19 heavy (non-hydrogen) atoms. The zero-order valence-electron chi connectivity index (χ0n) is 9.48. The number of anilines is 1. The third kappa shape index (κ3) is 3.26. The summed E-state index contributed by atoms with van der Waals surface area (Å²) in [5.41, 5.74) is 0.501. The maximum absolute atomic E-state index is 13.4. The van der Waals surface area contributed by atoms with Crippen LogP contribution in [0.4, 0.5) is 23.2 Å². The van der Waals surface area contributed by atoms with Gasteiger partial charge in [0, 0.05) is 28.3 Å². The Morgan fingerprint density at radius 2 is 1.58 bits per heavy atom. The highest BCUT2D eigenvalue weighted by Gasteiger charge is 2.10. The summed E-state index contributed by atoms with van der Waals surface area (Å²) in [4.78, 5) is 0. The molecule has 0 atom stereocenters. The molecule has 0 fully saturated rings. The normalized spacial score (nSPS) is 10.6. The van der Waals surface area contributed by atoms with Gasteiger partial charge in [0.2, 0.25) is 0 Å². The molecule has 100 valence electrons. The lowest BCUT2D eigenvalue weighted by Gasteiger charge is -2.09. The lowest BCUT2D eigenvalue weighted by Crippen LogP contribution is -2.04. The van der Waals surface area contributed by atoms with E-state index in [2.05, 4.69) is 21.2 Å². The van der Waals surface area contributed by atoms with Crippen molar-refractivity contribution in [3.05, 3.63) is 63.6 Å². The smallest absolute Gasteiger partial charge is 0.161 e. The van der Waals surface area contributed by atoms with Crippen LogP contribution in [0.2, 0.25) is 0 Å². The molecule has 0 bridgehead atoms. The highest BCUT2D eigenvalue weighted by atomic mass is 79.9. The summed E-state index contributed by atoms with van der Waals surface area (Å²) in [6.07, 6.45) is 0. The number of nitrogens with one attached hydrogen (secondary N) is 1. The Morgan fingerprint density at radius 3 is 2.26 bits per heavy atom. The van der Waals surface area contributed by atoms with Crippen molar-refractivity contribution < 1.29 is 17.6 Å². The van der Waals surface area contributed by atoms with E-state index in [1.54, 1.807) is 0 Å². The van der Waals surface area contributed by atoms with Gasteiger partial charge in [0.05, 0.1) is 0 Å². The fourth-order valence-electron chi connectivity index (χ4n) is 1.52. The van der Waals surface area contributed by atoms with Crippen molar-refractivity contribution in [2.24, 2.45) is 0 Å². The molecule has 0 spiro atoms. The van der Waals surface area contributed by atoms with Gasteiger partial charge in [-0.2, -0.15) is 0 Å². The predicted molar refractivity (Wildman–Crippen MR) is 67.7 cm³/mol. The van der Waals surface area contributed by atoms with Crippen LogP contribution < -0.4 is 5.32 Å². The lowest BCUT2D eigenvalue weighted by molar-refractivity contribution is 0.490. The molecule has 1 nitrogen and oxygen atoms in total. The molecule has 2 aromatic rings. The zero-order chi connectivity index (χ0) is 14.0. The summed E-state index contributed by atoms with van der Waals surface area (Å²) < 4.78 is 52.4. The third-order valence-corrected chi connectivity index (χ3v) is 3.15. The van der Waals surface area contributed by atoms with Gasteiger partial charge >= 0.3 is 0 Å². The maximum Gasteiger partial charge on any atom is 0.161 e. The average Bonchev–Trinajstić information content (AvgIpc) is 2.34. The molecule has 0 saturated heterocycles. The molecule has 0 aliphatic rings. The van der Waals surface area contributed by atoms with Gasteiger partial charge in [-0.1, -0.05) is 0 Å². The van der Waals surface area contributed by atoms with Crippen molar-refractivity contribution in [1.82, 2.24) is 0 Å². The monoisotopic (exact) mass is 333 g/mol. The summed E-state index contributed by atoms with van der Waals surface area (Å²) in [5.74, 6) is -3.61. The number of rotatable bonds is 3.